The van der Waals surface area contributed by atoms with Crippen LogP contribution in [0.4, 0.5) is 0 Å². The highest BCUT2D eigenvalue weighted by Gasteiger charge is 2.24. The number of hydrogen-bond acceptors (Lipinski definition) is 6. The smallest absolute Gasteiger partial charge is 0.208 e. The molecular formula is C24H45IN6O2. The van der Waals surface area contributed by atoms with Gasteiger partial charge in [-0.2, -0.15) is 0 Å². The van der Waals surface area contributed by atoms with Crippen molar-refractivity contribution < 1.29 is 9.15 Å². The fourth-order valence-corrected chi connectivity index (χ4v) is 4.57. The fourth-order valence-electron chi connectivity index (χ4n) is 4.57. The van der Waals surface area contributed by atoms with Crippen molar-refractivity contribution in [2.75, 3.05) is 59.0 Å². The number of nitrogens with one attached hydrogen (secondary N) is 2. The lowest BCUT2D eigenvalue weighted by Gasteiger charge is -2.36. The van der Waals surface area contributed by atoms with E-state index < -0.39 is 0 Å². The van der Waals surface area contributed by atoms with Gasteiger partial charge in [0, 0.05) is 32.2 Å². The average molecular weight is 577 g/mol. The first-order chi connectivity index (χ1) is 15.5. The van der Waals surface area contributed by atoms with Gasteiger partial charge in [-0.15, -0.1) is 24.0 Å². The summed E-state index contributed by atoms with van der Waals surface area (Å²) in [7, 11) is 0. The van der Waals surface area contributed by atoms with Crippen LogP contribution in [0, 0.1) is 25.7 Å². The molecule has 9 heteroatoms. The molecule has 2 aliphatic heterocycles. The largest absolute Gasteiger partial charge is 0.444 e. The number of morpholine rings is 1. The third kappa shape index (κ3) is 8.99. The summed E-state index contributed by atoms with van der Waals surface area (Å²) in [4.78, 5) is 14.5. The first kappa shape index (κ1) is 28.3. The zero-order valence-corrected chi connectivity index (χ0v) is 23.6. The monoisotopic (exact) mass is 576 g/mol. The van der Waals surface area contributed by atoms with Gasteiger partial charge < -0.3 is 19.8 Å². The van der Waals surface area contributed by atoms with E-state index in [-0.39, 0.29) is 24.0 Å². The van der Waals surface area contributed by atoms with E-state index in [0.29, 0.717) is 17.9 Å². The minimum absolute atomic E-state index is 0. The Morgan fingerprint density at radius 2 is 1.82 bits per heavy atom. The van der Waals surface area contributed by atoms with Gasteiger partial charge in [0.25, 0.3) is 0 Å². The quantitative estimate of drug-likeness (QED) is 0.266. The van der Waals surface area contributed by atoms with Crippen LogP contribution in [0.2, 0.25) is 0 Å². The number of hydrogen-bond donors (Lipinski definition) is 2. The second-order valence-corrected chi connectivity index (χ2v) is 9.53. The Morgan fingerprint density at radius 1 is 1.12 bits per heavy atom. The molecule has 1 aromatic heterocycles. The highest BCUT2D eigenvalue weighted by atomic mass is 127. The zero-order valence-electron chi connectivity index (χ0n) is 21.2. The topological polar surface area (TPSA) is 78.2 Å². The molecule has 2 fully saturated rings. The van der Waals surface area contributed by atoms with Crippen molar-refractivity contribution >= 4 is 29.9 Å². The number of likely N-dealkylation sites (tertiary alicyclic amines) is 1. The Hall–Kier alpha value is -0.910. The molecule has 0 amide bonds. The molecule has 2 aliphatic rings. The van der Waals surface area contributed by atoms with Gasteiger partial charge in [-0.05, 0) is 58.5 Å². The minimum Gasteiger partial charge on any atom is -0.444 e. The first-order valence-corrected chi connectivity index (χ1v) is 12.5. The predicted octanol–water partition coefficient (Wildman–Crippen LogP) is 3.03. The van der Waals surface area contributed by atoms with E-state index in [2.05, 4.69) is 46.2 Å². The van der Waals surface area contributed by atoms with E-state index in [1.807, 2.05) is 13.8 Å². The maximum absolute atomic E-state index is 5.76. The van der Waals surface area contributed by atoms with Crippen LogP contribution in [0.1, 0.15) is 51.0 Å². The lowest BCUT2D eigenvalue weighted by atomic mass is 9.97. The van der Waals surface area contributed by atoms with Crippen LogP contribution >= 0.6 is 24.0 Å². The molecule has 0 aliphatic carbocycles. The van der Waals surface area contributed by atoms with Crippen LogP contribution < -0.4 is 10.6 Å². The summed E-state index contributed by atoms with van der Waals surface area (Å²) in [6, 6.07) is 0.458. The summed E-state index contributed by atoms with van der Waals surface area (Å²) < 4.78 is 11.3. The van der Waals surface area contributed by atoms with Gasteiger partial charge in [0.05, 0.1) is 32.0 Å². The van der Waals surface area contributed by atoms with Gasteiger partial charge in [-0.3, -0.25) is 14.8 Å². The lowest BCUT2D eigenvalue weighted by molar-refractivity contribution is 0.00867. The van der Waals surface area contributed by atoms with Gasteiger partial charge >= 0.3 is 0 Å². The van der Waals surface area contributed by atoms with Crippen molar-refractivity contribution in [3.63, 3.8) is 0 Å². The summed E-state index contributed by atoms with van der Waals surface area (Å²) in [5.74, 6) is 3.96. The van der Waals surface area contributed by atoms with E-state index in [9.17, 15) is 0 Å². The third-order valence-electron chi connectivity index (χ3n) is 6.76. The number of aryl methyl sites for hydroxylation is 2. The number of rotatable bonds is 9. The molecule has 3 rings (SSSR count). The molecule has 2 saturated heterocycles. The normalized spacial score (nSPS) is 20.0. The number of guanidine groups is 1. The fraction of sp³-hybridized carbons (Fsp3) is 0.833. The van der Waals surface area contributed by atoms with E-state index >= 15 is 0 Å². The third-order valence-corrected chi connectivity index (χ3v) is 6.76. The summed E-state index contributed by atoms with van der Waals surface area (Å²) in [5.41, 5.74) is 1.00. The molecule has 1 unspecified atom stereocenters. The molecule has 190 valence electrons. The second kappa shape index (κ2) is 14.5. The van der Waals surface area contributed by atoms with E-state index in [1.54, 1.807) is 0 Å². The number of nitrogens with zero attached hydrogens (tertiary/aromatic N) is 4. The minimum atomic E-state index is 0. The van der Waals surface area contributed by atoms with Crippen LogP contribution in [0.15, 0.2) is 9.41 Å². The molecule has 1 atom stereocenters. The lowest BCUT2D eigenvalue weighted by Crippen LogP contribution is -2.48. The SMILES string of the molecule is CCNC(=NCC(C(C)C)N1CCOCC1)NCC1CCN(Cc2nc(C)c(C)o2)CC1.I. The van der Waals surface area contributed by atoms with Crippen LogP contribution in [0.3, 0.4) is 0 Å². The zero-order chi connectivity index (χ0) is 22.9. The Kier molecular flexibility index (Phi) is 12.4. The van der Waals surface area contributed by atoms with Crippen LogP contribution in [0.25, 0.3) is 0 Å². The van der Waals surface area contributed by atoms with Crippen molar-refractivity contribution in [2.24, 2.45) is 16.8 Å². The number of halogens is 1. The molecule has 33 heavy (non-hydrogen) atoms. The number of oxazole rings is 1. The molecule has 0 spiro atoms. The molecule has 2 N–H and O–H groups in total. The van der Waals surface area contributed by atoms with Crippen molar-refractivity contribution in [3.05, 3.63) is 17.3 Å². The molecule has 3 heterocycles. The molecule has 1 aromatic rings. The Bertz CT molecular complexity index is 692. The summed E-state index contributed by atoms with van der Waals surface area (Å²) in [6.45, 7) is 20.1. The van der Waals surface area contributed by atoms with E-state index in [1.165, 1.54) is 12.8 Å². The van der Waals surface area contributed by atoms with Crippen LogP contribution in [-0.4, -0.2) is 85.8 Å². The van der Waals surface area contributed by atoms with Crippen molar-refractivity contribution in [3.8, 4) is 0 Å². The average Bonchev–Trinajstić information content (AvgIpc) is 3.10. The summed E-state index contributed by atoms with van der Waals surface area (Å²) in [5, 5.41) is 7.04. The van der Waals surface area contributed by atoms with Gasteiger partial charge in [0.15, 0.2) is 5.96 Å². The van der Waals surface area contributed by atoms with E-state index in [4.69, 9.17) is 14.1 Å². The molecule has 0 bridgehead atoms. The Morgan fingerprint density at radius 3 is 2.39 bits per heavy atom. The standard InChI is InChI=1S/C24H44N6O2.HI/c1-6-25-24(27-16-22(18(2)3)30-11-13-31-14-12-30)26-15-21-7-9-29(10-8-21)17-23-28-19(4)20(5)32-23;/h18,21-22H,6-17H2,1-5H3,(H2,25,26,27);1H. The van der Waals surface area contributed by atoms with Gasteiger partial charge in [-0.25, -0.2) is 4.98 Å². The van der Waals surface area contributed by atoms with E-state index in [0.717, 1.165) is 88.9 Å². The van der Waals surface area contributed by atoms with Crippen molar-refractivity contribution in [1.82, 2.24) is 25.4 Å². The van der Waals surface area contributed by atoms with Crippen molar-refractivity contribution in [2.45, 2.75) is 60.0 Å². The molecule has 0 aromatic carbocycles. The number of aliphatic imine (C=N–C) groups is 1. The summed E-state index contributed by atoms with van der Waals surface area (Å²) in [6.07, 6.45) is 2.38. The second-order valence-electron chi connectivity index (χ2n) is 9.53. The Labute approximate surface area is 217 Å². The maximum atomic E-state index is 5.76. The first-order valence-electron chi connectivity index (χ1n) is 12.5. The van der Waals surface area contributed by atoms with Gasteiger partial charge in [-0.1, -0.05) is 13.8 Å². The summed E-state index contributed by atoms with van der Waals surface area (Å²) >= 11 is 0. The van der Waals surface area contributed by atoms with Gasteiger partial charge in [0.1, 0.15) is 5.76 Å². The Balaban J connectivity index is 0.00000385. The van der Waals surface area contributed by atoms with Crippen molar-refractivity contribution in [1.29, 1.82) is 0 Å². The van der Waals surface area contributed by atoms with Gasteiger partial charge in [0.2, 0.25) is 5.89 Å². The highest BCUT2D eigenvalue weighted by Crippen LogP contribution is 2.19. The van der Waals surface area contributed by atoms with Crippen LogP contribution in [0.5, 0.6) is 0 Å². The molecule has 0 saturated carbocycles. The maximum Gasteiger partial charge on any atom is 0.208 e. The molecule has 0 radical (unpaired) electrons. The number of aromatic nitrogens is 1. The number of piperidine rings is 1. The highest BCUT2D eigenvalue weighted by molar-refractivity contribution is 14.0. The van der Waals surface area contributed by atoms with Crippen LogP contribution in [-0.2, 0) is 11.3 Å². The molecule has 8 nitrogen and oxygen atoms in total. The molecular weight excluding hydrogens is 531 g/mol. The number of ether oxygens (including phenoxy) is 1. The predicted molar refractivity (Wildman–Crippen MR) is 144 cm³/mol.